The highest BCUT2D eigenvalue weighted by atomic mass is 15.1. The maximum atomic E-state index is 2.38. The van der Waals surface area contributed by atoms with Gasteiger partial charge in [0.25, 0.3) is 0 Å². The second-order valence-electron chi connectivity index (χ2n) is 14.8. The van der Waals surface area contributed by atoms with Crippen LogP contribution in [0.15, 0.2) is 200 Å². The Bertz CT molecular complexity index is 3120. The minimum Gasteiger partial charge on any atom is -0.310 e. The number of allylic oxidation sites excluding steroid dienone is 1. The normalized spacial score (nSPS) is 12.4. The van der Waals surface area contributed by atoms with E-state index in [1.165, 1.54) is 76.7 Å². The summed E-state index contributed by atoms with van der Waals surface area (Å²) in [6, 6.07) is 70.9. The van der Waals surface area contributed by atoms with Gasteiger partial charge in [0.05, 0.1) is 11.0 Å². The molecule has 0 saturated heterocycles. The lowest BCUT2D eigenvalue weighted by Gasteiger charge is -2.27. The van der Waals surface area contributed by atoms with Crippen LogP contribution < -0.4 is 4.90 Å². The topological polar surface area (TPSA) is 8.17 Å². The van der Waals surface area contributed by atoms with Gasteiger partial charge >= 0.3 is 0 Å². The molecule has 0 saturated carbocycles. The smallest absolute Gasteiger partial charge is 0.0542 e. The summed E-state index contributed by atoms with van der Waals surface area (Å²) in [6.45, 7) is 0. The fourth-order valence-corrected chi connectivity index (χ4v) is 9.13. The molecule has 11 rings (SSSR count). The number of nitrogens with zero attached hydrogens (tertiary/aromatic N) is 2. The second kappa shape index (κ2) is 13.3. The Morgan fingerprint density at radius 3 is 1.82 bits per heavy atom. The van der Waals surface area contributed by atoms with Gasteiger partial charge in [-0.15, -0.1) is 0 Å². The average Bonchev–Trinajstić information content (AvgIpc) is 3.60. The van der Waals surface area contributed by atoms with E-state index < -0.39 is 0 Å². The maximum Gasteiger partial charge on any atom is 0.0542 e. The molecule has 0 bridgehead atoms. The van der Waals surface area contributed by atoms with Crippen molar-refractivity contribution in [2.45, 2.75) is 12.8 Å². The molecular weight excluding hydrogens is 677 g/mol. The number of benzene rings is 9. The summed E-state index contributed by atoms with van der Waals surface area (Å²) in [4.78, 5) is 2.38. The van der Waals surface area contributed by atoms with Crippen LogP contribution in [0.5, 0.6) is 0 Å². The van der Waals surface area contributed by atoms with Crippen LogP contribution in [0.3, 0.4) is 0 Å². The number of rotatable bonds is 6. The predicted octanol–water partition coefficient (Wildman–Crippen LogP) is 14.9. The first-order chi connectivity index (χ1) is 27.8. The van der Waals surface area contributed by atoms with Crippen LogP contribution >= 0.6 is 0 Å². The van der Waals surface area contributed by atoms with Gasteiger partial charge in [-0.1, -0.05) is 140 Å². The summed E-state index contributed by atoms with van der Waals surface area (Å²) in [7, 11) is 0. The third-order valence-corrected chi connectivity index (χ3v) is 11.6. The van der Waals surface area contributed by atoms with Gasteiger partial charge in [0.2, 0.25) is 0 Å². The minimum atomic E-state index is 1.02. The van der Waals surface area contributed by atoms with Crippen molar-refractivity contribution >= 4 is 66.5 Å². The van der Waals surface area contributed by atoms with Gasteiger partial charge in [-0.25, -0.2) is 0 Å². The summed E-state index contributed by atoms with van der Waals surface area (Å²) in [5, 5.41) is 7.62. The summed E-state index contributed by atoms with van der Waals surface area (Å²) in [5.41, 5.74) is 14.9. The molecule has 0 N–H and O–H groups in total. The first kappa shape index (κ1) is 32.3. The van der Waals surface area contributed by atoms with E-state index in [0.717, 1.165) is 35.6 Å². The van der Waals surface area contributed by atoms with Gasteiger partial charge in [0, 0.05) is 33.5 Å². The van der Waals surface area contributed by atoms with Gasteiger partial charge in [-0.2, -0.15) is 0 Å². The maximum absolute atomic E-state index is 2.38. The zero-order valence-electron chi connectivity index (χ0n) is 30.9. The number of hydrogen-bond donors (Lipinski definition) is 0. The molecule has 0 aliphatic heterocycles. The van der Waals surface area contributed by atoms with Crippen LogP contribution in [0.2, 0.25) is 0 Å². The third kappa shape index (κ3) is 5.26. The van der Waals surface area contributed by atoms with E-state index in [1.807, 2.05) is 0 Å². The Morgan fingerprint density at radius 1 is 0.411 bits per heavy atom. The SMILES string of the molecule is C1=Cc2c(c(-c3ccc4ccccc4c3)c3ccccc3c2-c2ccc(N(c3ccccc3)c3ccc4c(c3)c3ccccc3n4-c3ccccc3)cc2)CC1. The molecule has 0 fully saturated rings. The zero-order valence-corrected chi connectivity index (χ0v) is 30.9. The van der Waals surface area contributed by atoms with Crippen molar-refractivity contribution in [1.29, 1.82) is 0 Å². The van der Waals surface area contributed by atoms with Crippen LogP contribution in [0.1, 0.15) is 17.5 Å². The fourth-order valence-electron chi connectivity index (χ4n) is 9.13. The zero-order chi connectivity index (χ0) is 37.0. The van der Waals surface area contributed by atoms with Crippen LogP contribution in [0, 0.1) is 0 Å². The van der Waals surface area contributed by atoms with Gasteiger partial charge in [-0.3, -0.25) is 0 Å². The summed E-state index contributed by atoms with van der Waals surface area (Å²) < 4.78 is 2.38. The number of hydrogen-bond acceptors (Lipinski definition) is 1. The van der Waals surface area contributed by atoms with E-state index in [1.54, 1.807) is 0 Å². The van der Waals surface area contributed by atoms with Gasteiger partial charge in [0.1, 0.15) is 0 Å². The van der Waals surface area contributed by atoms with Crippen molar-refractivity contribution in [2.24, 2.45) is 0 Å². The predicted molar refractivity (Wildman–Crippen MR) is 239 cm³/mol. The van der Waals surface area contributed by atoms with E-state index in [4.69, 9.17) is 0 Å². The molecule has 9 aromatic carbocycles. The molecule has 0 spiro atoms. The molecule has 0 unspecified atom stereocenters. The first-order valence-corrected chi connectivity index (χ1v) is 19.6. The Kier molecular flexibility index (Phi) is 7.67. The summed E-state index contributed by atoms with van der Waals surface area (Å²) in [6.07, 6.45) is 6.79. The minimum absolute atomic E-state index is 1.02. The van der Waals surface area contributed by atoms with Crippen molar-refractivity contribution in [1.82, 2.24) is 4.57 Å². The number of anilines is 3. The van der Waals surface area contributed by atoms with Gasteiger partial charge in [-0.05, 0) is 134 Å². The van der Waals surface area contributed by atoms with Crippen LogP contribution in [0.4, 0.5) is 17.1 Å². The average molecular weight is 715 g/mol. The molecule has 1 aliphatic rings. The van der Waals surface area contributed by atoms with Crippen molar-refractivity contribution in [3.8, 4) is 27.9 Å². The molecule has 0 amide bonds. The quantitative estimate of drug-likeness (QED) is 0.166. The van der Waals surface area contributed by atoms with Crippen LogP contribution in [-0.2, 0) is 6.42 Å². The summed E-state index contributed by atoms with van der Waals surface area (Å²) >= 11 is 0. The largest absolute Gasteiger partial charge is 0.310 e. The summed E-state index contributed by atoms with van der Waals surface area (Å²) in [5.74, 6) is 0. The van der Waals surface area contributed by atoms with Gasteiger partial charge < -0.3 is 9.47 Å². The van der Waals surface area contributed by atoms with Crippen molar-refractivity contribution in [3.63, 3.8) is 0 Å². The number of fused-ring (bicyclic) bond motifs is 6. The Balaban J connectivity index is 1.06. The molecule has 0 radical (unpaired) electrons. The molecule has 2 heteroatoms. The fraction of sp³-hybridized carbons (Fsp3) is 0.0370. The molecular formula is C54H38N2. The van der Waals surface area contributed by atoms with Crippen molar-refractivity contribution in [2.75, 3.05) is 4.90 Å². The second-order valence-corrected chi connectivity index (χ2v) is 14.8. The lowest BCUT2D eigenvalue weighted by molar-refractivity contribution is 0.991. The highest BCUT2D eigenvalue weighted by Gasteiger charge is 2.23. The lowest BCUT2D eigenvalue weighted by Crippen LogP contribution is -2.10. The van der Waals surface area contributed by atoms with E-state index in [9.17, 15) is 0 Å². The van der Waals surface area contributed by atoms with E-state index in [0.29, 0.717) is 0 Å². The van der Waals surface area contributed by atoms with E-state index in [2.05, 4.69) is 216 Å². The van der Waals surface area contributed by atoms with Gasteiger partial charge in [0.15, 0.2) is 0 Å². The van der Waals surface area contributed by atoms with Crippen LogP contribution in [-0.4, -0.2) is 4.57 Å². The highest BCUT2D eigenvalue weighted by molar-refractivity contribution is 6.12. The van der Waals surface area contributed by atoms with Crippen LogP contribution in [0.25, 0.3) is 77.4 Å². The molecule has 56 heavy (non-hydrogen) atoms. The van der Waals surface area contributed by atoms with Crippen molar-refractivity contribution < 1.29 is 0 Å². The van der Waals surface area contributed by atoms with Crippen molar-refractivity contribution in [3.05, 3.63) is 211 Å². The lowest BCUT2D eigenvalue weighted by atomic mass is 9.80. The monoisotopic (exact) mass is 714 g/mol. The molecule has 2 nitrogen and oxygen atoms in total. The van der Waals surface area contributed by atoms with E-state index in [-0.39, 0.29) is 0 Å². The molecule has 1 heterocycles. The molecule has 264 valence electrons. The first-order valence-electron chi connectivity index (χ1n) is 19.6. The molecule has 0 atom stereocenters. The highest BCUT2D eigenvalue weighted by Crippen LogP contribution is 2.46. The standard InChI is InChI=1S/C54H38N2/c1-3-17-41(18-4-1)55(44-33-34-52-50(36-44)45-21-13-14-26-51(45)56(52)42-19-5-2-6-20-42)43-31-29-38(30-32-43)53-46-22-9-11-24-48(46)54(49-25-12-10-23-47(49)53)40-28-27-37-15-7-8-16-39(37)35-40/h1-11,13-24,26-36H,12,25H2. The molecule has 1 aliphatic carbocycles. The molecule has 1 aromatic heterocycles. The number of aromatic nitrogens is 1. The van der Waals surface area contributed by atoms with E-state index >= 15 is 0 Å². The number of para-hydroxylation sites is 3. The molecule has 10 aromatic rings. The Hall–Kier alpha value is -7.16. The Morgan fingerprint density at radius 2 is 1.02 bits per heavy atom. The Labute approximate surface area is 326 Å². The third-order valence-electron chi connectivity index (χ3n) is 11.6.